The van der Waals surface area contributed by atoms with E-state index in [0.717, 1.165) is 5.56 Å². The van der Waals surface area contributed by atoms with Gasteiger partial charge in [-0.25, -0.2) is 4.79 Å². The maximum Gasteiger partial charge on any atom is 0.488 e. The van der Waals surface area contributed by atoms with E-state index in [9.17, 15) is 4.79 Å². The van der Waals surface area contributed by atoms with Crippen LogP contribution in [0.25, 0.3) is 0 Å². The van der Waals surface area contributed by atoms with Gasteiger partial charge in [-0.05, 0) is 23.2 Å². The molecule has 0 aliphatic carbocycles. The zero-order valence-corrected chi connectivity index (χ0v) is 10.2. The van der Waals surface area contributed by atoms with Gasteiger partial charge in [0.2, 0.25) is 0 Å². The Labute approximate surface area is 111 Å². The van der Waals surface area contributed by atoms with E-state index in [1.807, 2.05) is 30.3 Å². The van der Waals surface area contributed by atoms with Crippen molar-refractivity contribution in [1.29, 1.82) is 0 Å². The van der Waals surface area contributed by atoms with Gasteiger partial charge < -0.3 is 14.8 Å². The molecular formula is C14H13BO4. The molecule has 4 nitrogen and oxygen atoms in total. The summed E-state index contributed by atoms with van der Waals surface area (Å²) in [4.78, 5) is 11.8. The van der Waals surface area contributed by atoms with Crippen molar-refractivity contribution in [1.82, 2.24) is 0 Å². The number of hydrogen-bond donors (Lipinski definition) is 2. The van der Waals surface area contributed by atoms with Crippen molar-refractivity contribution in [2.24, 2.45) is 0 Å². The van der Waals surface area contributed by atoms with E-state index in [0.29, 0.717) is 5.56 Å². The number of carbonyl (C=O) groups is 1. The summed E-state index contributed by atoms with van der Waals surface area (Å²) in [6, 6.07) is 15.4. The number of benzene rings is 2. The number of ether oxygens (including phenoxy) is 1. The maximum absolute atomic E-state index is 11.8. The van der Waals surface area contributed by atoms with Gasteiger partial charge in [0.15, 0.2) is 0 Å². The number of carbonyl (C=O) groups excluding carboxylic acids is 1. The fourth-order valence-corrected chi connectivity index (χ4v) is 1.63. The molecule has 0 atom stereocenters. The fraction of sp³-hybridized carbons (Fsp3) is 0.0714. The second kappa shape index (κ2) is 6.18. The minimum atomic E-state index is -1.60. The number of hydrogen-bond acceptors (Lipinski definition) is 4. The van der Waals surface area contributed by atoms with Crippen LogP contribution in [0.5, 0.6) is 0 Å². The molecule has 2 N–H and O–H groups in total. The molecule has 0 saturated heterocycles. The van der Waals surface area contributed by atoms with Gasteiger partial charge >= 0.3 is 13.1 Å². The Balaban J connectivity index is 2.02. The minimum Gasteiger partial charge on any atom is -0.457 e. The number of rotatable bonds is 4. The molecule has 2 rings (SSSR count). The Hall–Kier alpha value is -2.11. The standard InChI is InChI=1S/C14H13BO4/c16-14(19-10-11-5-2-1-3-6-11)12-7-4-8-13(9-12)15(17)18/h1-9,17-18H,10H2. The first-order chi connectivity index (χ1) is 9.16. The average molecular weight is 256 g/mol. The lowest BCUT2D eigenvalue weighted by Crippen LogP contribution is -2.30. The van der Waals surface area contributed by atoms with Crippen molar-refractivity contribution in [3.05, 3.63) is 65.7 Å². The molecule has 0 unspecified atom stereocenters. The molecule has 0 heterocycles. The van der Waals surface area contributed by atoms with Crippen molar-refractivity contribution >= 4 is 18.6 Å². The molecule has 0 spiro atoms. The third kappa shape index (κ3) is 3.68. The monoisotopic (exact) mass is 256 g/mol. The van der Waals surface area contributed by atoms with E-state index in [1.165, 1.54) is 12.1 Å². The van der Waals surface area contributed by atoms with Gasteiger partial charge in [0.1, 0.15) is 6.61 Å². The fourth-order valence-electron chi connectivity index (χ4n) is 1.63. The van der Waals surface area contributed by atoms with E-state index in [1.54, 1.807) is 12.1 Å². The predicted octanol–water partition coefficient (Wildman–Crippen LogP) is 0.723. The molecule has 0 aliphatic rings. The molecule has 96 valence electrons. The lowest BCUT2D eigenvalue weighted by Gasteiger charge is -2.06. The molecule has 0 aromatic heterocycles. The van der Waals surface area contributed by atoms with Crippen molar-refractivity contribution in [3.8, 4) is 0 Å². The van der Waals surface area contributed by atoms with Gasteiger partial charge in [-0.1, -0.05) is 42.5 Å². The van der Waals surface area contributed by atoms with E-state index in [-0.39, 0.29) is 12.1 Å². The van der Waals surface area contributed by atoms with Crippen LogP contribution in [0, 0.1) is 0 Å². The van der Waals surface area contributed by atoms with Crippen LogP contribution in [0.4, 0.5) is 0 Å². The lowest BCUT2D eigenvalue weighted by molar-refractivity contribution is 0.0473. The summed E-state index contributed by atoms with van der Waals surface area (Å²) < 4.78 is 5.15. The van der Waals surface area contributed by atoms with Gasteiger partial charge in [0.25, 0.3) is 0 Å². The summed E-state index contributed by atoms with van der Waals surface area (Å²) in [5, 5.41) is 18.1. The van der Waals surface area contributed by atoms with Crippen molar-refractivity contribution in [2.45, 2.75) is 6.61 Å². The minimum absolute atomic E-state index is 0.186. The first-order valence-electron chi connectivity index (χ1n) is 5.84. The molecule has 19 heavy (non-hydrogen) atoms. The molecule has 5 heteroatoms. The van der Waals surface area contributed by atoms with Crippen LogP contribution in [0.1, 0.15) is 15.9 Å². The molecule has 0 fully saturated rings. The lowest BCUT2D eigenvalue weighted by atomic mass is 9.80. The summed E-state index contributed by atoms with van der Waals surface area (Å²) in [6.45, 7) is 0.186. The van der Waals surface area contributed by atoms with Gasteiger partial charge in [-0.2, -0.15) is 0 Å². The predicted molar refractivity (Wildman–Crippen MR) is 71.8 cm³/mol. The summed E-state index contributed by atoms with van der Waals surface area (Å²) in [7, 11) is -1.60. The summed E-state index contributed by atoms with van der Waals surface area (Å²) >= 11 is 0. The Morgan fingerprint density at radius 3 is 2.47 bits per heavy atom. The van der Waals surface area contributed by atoms with Crippen LogP contribution in [0.3, 0.4) is 0 Å². The van der Waals surface area contributed by atoms with Gasteiger partial charge in [-0.3, -0.25) is 0 Å². The second-order valence-corrected chi connectivity index (χ2v) is 4.06. The Kier molecular flexibility index (Phi) is 4.33. The third-order valence-electron chi connectivity index (χ3n) is 2.63. The van der Waals surface area contributed by atoms with Crippen molar-refractivity contribution in [2.75, 3.05) is 0 Å². The van der Waals surface area contributed by atoms with Crippen molar-refractivity contribution < 1.29 is 19.6 Å². The van der Waals surface area contributed by atoms with Crippen LogP contribution >= 0.6 is 0 Å². The van der Waals surface area contributed by atoms with E-state index in [4.69, 9.17) is 14.8 Å². The zero-order valence-electron chi connectivity index (χ0n) is 10.2. The highest BCUT2D eigenvalue weighted by molar-refractivity contribution is 6.58. The molecular weight excluding hydrogens is 243 g/mol. The Morgan fingerprint density at radius 1 is 1.05 bits per heavy atom. The average Bonchev–Trinajstić information content (AvgIpc) is 2.46. The summed E-state index contributed by atoms with van der Waals surface area (Å²) in [5.74, 6) is -0.494. The van der Waals surface area contributed by atoms with Crippen LogP contribution in [0.15, 0.2) is 54.6 Å². The number of esters is 1. The highest BCUT2D eigenvalue weighted by Crippen LogP contribution is 2.05. The quantitative estimate of drug-likeness (QED) is 0.625. The molecule has 2 aromatic rings. The Morgan fingerprint density at radius 2 is 1.79 bits per heavy atom. The molecule has 2 aromatic carbocycles. The molecule has 0 saturated carbocycles. The van der Waals surface area contributed by atoms with Crippen LogP contribution < -0.4 is 5.46 Å². The first-order valence-corrected chi connectivity index (χ1v) is 5.84. The third-order valence-corrected chi connectivity index (χ3v) is 2.63. The van der Waals surface area contributed by atoms with E-state index in [2.05, 4.69) is 0 Å². The second-order valence-electron chi connectivity index (χ2n) is 4.06. The highest BCUT2D eigenvalue weighted by atomic mass is 16.5. The first kappa shape index (κ1) is 13.3. The largest absolute Gasteiger partial charge is 0.488 e. The van der Waals surface area contributed by atoms with Gasteiger partial charge in [0.05, 0.1) is 5.56 Å². The molecule has 0 amide bonds. The van der Waals surface area contributed by atoms with E-state index < -0.39 is 13.1 Å². The van der Waals surface area contributed by atoms with Crippen LogP contribution in [-0.4, -0.2) is 23.1 Å². The molecule has 0 aliphatic heterocycles. The van der Waals surface area contributed by atoms with E-state index >= 15 is 0 Å². The molecule has 0 bridgehead atoms. The summed E-state index contributed by atoms with van der Waals surface area (Å²) in [6.07, 6.45) is 0. The van der Waals surface area contributed by atoms with Crippen molar-refractivity contribution in [3.63, 3.8) is 0 Å². The molecule has 0 radical (unpaired) electrons. The van der Waals surface area contributed by atoms with Gasteiger partial charge in [-0.15, -0.1) is 0 Å². The highest BCUT2D eigenvalue weighted by Gasteiger charge is 2.14. The van der Waals surface area contributed by atoms with Crippen LogP contribution in [-0.2, 0) is 11.3 Å². The topological polar surface area (TPSA) is 66.8 Å². The van der Waals surface area contributed by atoms with Gasteiger partial charge in [0, 0.05) is 0 Å². The van der Waals surface area contributed by atoms with Crippen LogP contribution in [0.2, 0.25) is 0 Å². The zero-order chi connectivity index (χ0) is 13.7. The smallest absolute Gasteiger partial charge is 0.457 e. The maximum atomic E-state index is 11.8. The summed E-state index contributed by atoms with van der Waals surface area (Å²) in [5.41, 5.74) is 1.45. The normalized spacial score (nSPS) is 10.0. The SMILES string of the molecule is O=C(OCc1ccccc1)c1cccc(B(O)O)c1. The Bertz CT molecular complexity index is 554.